The first-order chi connectivity index (χ1) is 8.46. The van der Waals surface area contributed by atoms with Gasteiger partial charge >= 0.3 is 0 Å². The van der Waals surface area contributed by atoms with Crippen LogP contribution in [0.25, 0.3) is 0 Å². The molecule has 1 aliphatic heterocycles. The van der Waals surface area contributed by atoms with Crippen LogP contribution < -0.4 is 11.1 Å². The Kier molecular flexibility index (Phi) is 3.97. The average Bonchev–Trinajstić information content (AvgIpc) is 2.88. The SMILES string of the molecule is CNC(C)(CC(C)N1CC2CCCC2C1)C(N)=O. The number of carbonyl (C=O) groups is 1. The standard InChI is InChI=1S/C14H27N3O/c1-10(7-14(2,16-3)13(15)18)17-8-11-5-4-6-12(11)9-17/h10-12,16H,4-9H2,1-3H3,(H2,15,18). The highest BCUT2D eigenvalue weighted by Gasteiger charge is 2.40. The van der Waals surface area contributed by atoms with Gasteiger partial charge in [-0.15, -0.1) is 0 Å². The molecule has 4 heteroatoms. The van der Waals surface area contributed by atoms with Crippen LogP contribution in [0, 0.1) is 11.8 Å². The van der Waals surface area contributed by atoms with E-state index >= 15 is 0 Å². The Morgan fingerprint density at radius 1 is 1.44 bits per heavy atom. The Balaban J connectivity index is 1.92. The van der Waals surface area contributed by atoms with Gasteiger partial charge in [0.05, 0.1) is 5.54 Å². The number of primary amides is 1. The Bertz CT molecular complexity index is 308. The van der Waals surface area contributed by atoms with Crippen molar-refractivity contribution in [1.82, 2.24) is 10.2 Å². The lowest BCUT2D eigenvalue weighted by Gasteiger charge is -2.33. The smallest absolute Gasteiger partial charge is 0.237 e. The predicted octanol–water partition coefficient (Wildman–Crippen LogP) is 0.960. The topological polar surface area (TPSA) is 58.4 Å². The predicted molar refractivity (Wildman–Crippen MR) is 73.1 cm³/mol. The highest BCUT2D eigenvalue weighted by atomic mass is 16.1. The summed E-state index contributed by atoms with van der Waals surface area (Å²) in [4.78, 5) is 14.1. The minimum Gasteiger partial charge on any atom is -0.368 e. The van der Waals surface area contributed by atoms with E-state index in [4.69, 9.17) is 5.73 Å². The number of rotatable bonds is 5. The van der Waals surface area contributed by atoms with Crippen LogP contribution in [0.2, 0.25) is 0 Å². The normalized spacial score (nSPS) is 33.1. The van der Waals surface area contributed by atoms with Gasteiger partial charge in [-0.25, -0.2) is 0 Å². The number of nitrogens with one attached hydrogen (secondary N) is 1. The van der Waals surface area contributed by atoms with Crippen LogP contribution in [-0.4, -0.2) is 42.5 Å². The molecular weight excluding hydrogens is 226 g/mol. The van der Waals surface area contributed by atoms with Crippen molar-refractivity contribution < 1.29 is 4.79 Å². The second kappa shape index (κ2) is 5.17. The van der Waals surface area contributed by atoms with E-state index in [1.165, 1.54) is 32.4 Å². The molecule has 0 aromatic carbocycles. The molecule has 0 aromatic rings. The van der Waals surface area contributed by atoms with Crippen LogP contribution in [0.5, 0.6) is 0 Å². The van der Waals surface area contributed by atoms with Gasteiger partial charge in [0.1, 0.15) is 0 Å². The number of likely N-dealkylation sites (N-methyl/N-ethyl adjacent to an activating group) is 1. The van der Waals surface area contributed by atoms with Gasteiger partial charge in [0.15, 0.2) is 0 Å². The van der Waals surface area contributed by atoms with Crippen molar-refractivity contribution in [3.63, 3.8) is 0 Å². The second-order valence-corrected chi connectivity index (χ2v) is 6.40. The van der Waals surface area contributed by atoms with Crippen molar-refractivity contribution in [1.29, 1.82) is 0 Å². The van der Waals surface area contributed by atoms with Crippen LogP contribution in [0.3, 0.4) is 0 Å². The van der Waals surface area contributed by atoms with Crippen molar-refractivity contribution in [2.45, 2.75) is 51.1 Å². The number of hydrogen-bond acceptors (Lipinski definition) is 3. The lowest BCUT2D eigenvalue weighted by molar-refractivity contribution is -0.124. The molecule has 0 bridgehead atoms. The van der Waals surface area contributed by atoms with Crippen molar-refractivity contribution in [2.24, 2.45) is 17.6 Å². The summed E-state index contributed by atoms with van der Waals surface area (Å²) in [5.41, 5.74) is 4.91. The molecule has 1 saturated heterocycles. The van der Waals surface area contributed by atoms with E-state index in [0.29, 0.717) is 6.04 Å². The van der Waals surface area contributed by atoms with E-state index < -0.39 is 5.54 Å². The Labute approximate surface area is 110 Å². The maximum atomic E-state index is 11.5. The molecule has 0 spiro atoms. The maximum absolute atomic E-state index is 11.5. The molecule has 2 aliphatic rings. The van der Waals surface area contributed by atoms with Crippen molar-refractivity contribution in [2.75, 3.05) is 20.1 Å². The van der Waals surface area contributed by atoms with Gasteiger partial charge < -0.3 is 16.0 Å². The third kappa shape index (κ3) is 2.54. The zero-order valence-corrected chi connectivity index (χ0v) is 11.9. The molecule has 104 valence electrons. The fourth-order valence-electron chi connectivity index (χ4n) is 3.68. The molecule has 1 heterocycles. The lowest BCUT2D eigenvalue weighted by atomic mass is 9.92. The number of nitrogens with zero attached hydrogens (tertiary/aromatic N) is 1. The molecule has 0 radical (unpaired) electrons. The fourth-order valence-corrected chi connectivity index (χ4v) is 3.68. The summed E-state index contributed by atoms with van der Waals surface area (Å²) in [6.45, 7) is 6.55. The van der Waals surface area contributed by atoms with E-state index in [-0.39, 0.29) is 5.91 Å². The summed E-state index contributed by atoms with van der Waals surface area (Å²) < 4.78 is 0. The molecule has 4 atom stereocenters. The van der Waals surface area contributed by atoms with Crippen LogP contribution in [0.15, 0.2) is 0 Å². The minimum atomic E-state index is -0.586. The Hall–Kier alpha value is -0.610. The fraction of sp³-hybridized carbons (Fsp3) is 0.929. The van der Waals surface area contributed by atoms with Crippen molar-refractivity contribution in [3.8, 4) is 0 Å². The van der Waals surface area contributed by atoms with Crippen molar-refractivity contribution in [3.05, 3.63) is 0 Å². The summed E-state index contributed by atoms with van der Waals surface area (Å²) >= 11 is 0. The summed E-state index contributed by atoms with van der Waals surface area (Å²) in [5, 5.41) is 3.08. The summed E-state index contributed by atoms with van der Waals surface area (Å²) in [6.07, 6.45) is 4.99. The van der Waals surface area contributed by atoms with Crippen LogP contribution in [0.4, 0.5) is 0 Å². The van der Waals surface area contributed by atoms with Gasteiger partial charge in [0, 0.05) is 19.1 Å². The number of likely N-dealkylation sites (tertiary alicyclic amines) is 1. The van der Waals surface area contributed by atoms with Crippen molar-refractivity contribution >= 4 is 5.91 Å². The first kappa shape index (κ1) is 13.8. The van der Waals surface area contributed by atoms with Crippen LogP contribution in [0.1, 0.15) is 39.5 Å². The van der Waals surface area contributed by atoms with Gasteiger partial charge in [-0.1, -0.05) is 6.42 Å². The largest absolute Gasteiger partial charge is 0.368 e. The molecule has 1 amide bonds. The van der Waals surface area contributed by atoms with Crippen LogP contribution in [-0.2, 0) is 4.79 Å². The summed E-state index contributed by atoms with van der Waals surface area (Å²) in [7, 11) is 1.82. The van der Waals surface area contributed by atoms with Gasteiger partial charge in [0.25, 0.3) is 0 Å². The molecule has 1 aliphatic carbocycles. The van der Waals surface area contributed by atoms with Gasteiger partial charge in [-0.05, 0) is 52.0 Å². The first-order valence-electron chi connectivity index (χ1n) is 7.19. The molecule has 2 rings (SSSR count). The summed E-state index contributed by atoms with van der Waals surface area (Å²) in [6, 6.07) is 0.417. The molecular formula is C14H27N3O. The monoisotopic (exact) mass is 253 g/mol. The molecule has 18 heavy (non-hydrogen) atoms. The molecule has 2 fully saturated rings. The molecule has 4 unspecified atom stereocenters. The van der Waals surface area contributed by atoms with Gasteiger partial charge in [0.2, 0.25) is 5.91 Å². The van der Waals surface area contributed by atoms with E-state index in [0.717, 1.165) is 18.3 Å². The highest BCUT2D eigenvalue weighted by Crippen LogP contribution is 2.39. The third-order valence-electron chi connectivity index (χ3n) is 5.18. The highest BCUT2D eigenvalue weighted by molar-refractivity contribution is 5.84. The average molecular weight is 253 g/mol. The minimum absolute atomic E-state index is 0.253. The van der Waals surface area contributed by atoms with Gasteiger partial charge in [-0.3, -0.25) is 4.79 Å². The zero-order chi connectivity index (χ0) is 13.3. The van der Waals surface area contributed by atoms with E-state index in [9.17, 15) is 4.79 Å². The number of fused-ring (bicyclic) bond motifs is 1. The number of amides is 1. The summed E-state index contributed by atoms with van der Waals surface area (Å²) in [5.74, 6) is 1.56. The van der Waals surface area contributed by atoms with E-state index in [1.54, 1.807) is 0 Å². The zero-order valence-electron chi connectivity index (χ0n) is 11.9. The number of nitrogens with two attached hydrogens (primary N) is 1. The Morgan fingerprint density at radius 3 is 2.44 bits per heavy atom. The Morgan fingerprint density at radius 2 is 2.00 bits per heavy atom. The maximum Gasteiger partial charge on any atom is 0.237 e. The number of carbonyl (C=O) groups excluding carboxylic acids is 1. The lowest BCUT2D eigenvalue weighted by Crippen LogP contribution is -2.54. The molecule has 4 nitrogen and oxygen atoms in total. The second-order valence-electron chi connectivity index (χ2n) is 6.40. The molecule has 3 N–H and O–H groups in total. The number of hydrogen-bond donors (Lipinski definition) is 2. The van der Waals surface area contributed by atoms with E-state index in [1.807, 2.05) is 14.0 Å². The van der Waals surface area contributed by atoms with Crippen LogP contribution >= 0.6 is 0 Å². The van der Waals surface area contributed by atoms with E-state index in [2.05, 4.69) is 17.1 Å². The van der Waals surface area contributed by atoms with Gasteiger partial charge in [-0.2, -0.15) is 0 Å². The first-order valence-corrected chi connectivity index (χ1v) is 7.19. The molecule has 1 saturated carbocycles. The molecule has 0 aromatic heterocycles. The third-order valence-corrected chi connectivity index (χ3v) is 5.18. The quantitative estimate of drug-likeness (QED) is 0.767.